The summed E-state index contributed by atoms with van der Waals surface area (Å²) >= 11 is 0. The third-order valence-corrected chi connectivity index (χ3v) is 6.49. The van der Waals surface area contributed by atoms with E-state index in [1.54, 1.807) is 12.1 Å². The summed E-state index contributed by atoms with van der Waals surface area (Å²) in [5.74, 6) is -3.26. The predicted octanol–water partition coefficient (Wildman–Crippen LogP) is 4.84. The van der Waals surface area contributed by atoms with Crippen LogP contribution in [0.4, 0.5) is 32.0 Å². The molecule has 222 valence electrons. The highest BCUT2D eigenvalue weighted by Crippen LogP contribution is 2.41. The number of hydrogen-bond acceptors (Lipinski definition) is 8. The van der Waals surface area contributed by atoms with Crippen LogP contribution in [0.2, 0.25) is 0 Å². The van der Waals surface area contributed by atoms with E-state index in [1.165, 1.54) is 0 Å². The molecule has 15 heteroatoms. The number of rotatable bonds is 2. The predicted molar refractivity (Wildman–Crippen MR) is 132 cm³/mol. The lowest BCUT2D eigenvalue weighted by Crippen LogP contribution is -2.46. The van der Waals surface area contributed by atoms with Crippen molar-refractivity contribution in [2.75, 3.05) is 25.5 Å². The molecule has 41 heavy (non-hydrogen) atoms. The summed E-state index contributed by atoms with van der Waals surface area (Å²) in [6, 6.07) is 7.56. The van der Waals surface area contributed by atoms with Gasteiger partial charge in [0.1, 0.15) is 5.69 Å². The minimum Gasteiger partial charge on any atom is -0.416 e. The van der Waals surface area contributed by atoms with Crippen molar-refractivity contribution < 1.29 is 45.4 Å². The standard InChI is InChI=1S/C26H27F6N5O4/c1-23(2,3)15-7-4-6-14(10-15)12-37-8-5-9-40-13-24(39,26(30,31)32)22-36-35-20(41-22)19-17(33)11-16(25(27,28)29)18(34-19)21(37)38/h4,6-7,10-11,39H,5,8-9,12-13,33H2,1-3H3. The van der Waals surface area contributed by atoms with E-state index in [4.69, 9.17) is 14.9 Å². The number of nitrogens with two attached hydrogens (primary N) is 1. The van der Waals surface area contributed by atoms with E-state index in [-0.39, 0.29) is 24.9 Å². The van der Waals surface area contributed by atoms with E-state index >= 15 is 0 Å². The summed E-state index contributed by atoms with van der Waals surface area (Å²) in [6.45, 7) is 3.85. The van der Waals surface area contributed by atoms with Crippen LogP contribution in [0.1, 0.15) is 60.3 Å². The highest BCUT2D eigenvalue weighted by molar-refractivity contribution is 5.95. The molecule has 3 heterocycles. The number of ether oxygens (including phenoxy) is 1. The van der Waals surface area contributed by atoms with Crippen LogP contribution in [-0.4, -0.2) is 57.0 Å². The van der Waals surface area contributed by atoms with Crippen molar-refractivity contribution in [1.82, 2.24) is 20.1 Å². The SMILES string of the molecule is CC(C)(C)c1cccc(CN2CCCOCC(O)(C(F)(F)F)c3nnc(o3)-c3nc(c(C(F)(F)F)cc3N)C2=O)c1. The van der Waals surface area contributed by atoms with Crippen LogP contribution in [0.25, 0.3) is 11.6 Å². The molecule has 1 aliphatic rings. The zero-order chi connectivity index (χ0) is 30.4. The number of aliphatic hydroxyl groups is 1. The van der Waals surface area contributed by atoms with Gasteiger partial charge in [-0.1, -0.05) is 45.0 Å². The topological polar surface area (TPSA) is 128 Å². The largest absolute Gasteiger partial charge is 0.428 e. The van der Waals surface area contributed by atoms with Gasteiger partial charge in [0.05, 0.1) is 17.9 Å². The van der Waals surface area contributed by atoms with Crippen LogP contribution in [0, 0.1) is 0 Å². The smallest absolute Gasteiger partial charge is 0.416 e. The third kappa shape index (κ3) is 6.15. The minimum absolute atomic E-state index is 0.0864. The van der Waals surface area contributed by atoms with Crippen LogP contribution >= 0.6 is 0 Å². The Morgan fingerprint density at radius 2 is 1.78 bits per heavy atom. The molecule has 2 aromatic heterocycles. The van der Waals surface area contributed by atoms with Gasteiger partial charge in [0.15, 0.2) is 5.69 Å². The molecule has 0 fully saturated rings. The van der Waals surface area contributed by atoms with E-state index in [2.05, 4.69) is 15.2 Å². The van der Waals surface area contributed by atoms with Gasteiger partial charge in [0.25, 0.3) is 23.3 Å². The van der Waals surface area contributed by atoms with Crippen LogP contribution in [0.3, 0.4) is 0 Å². The molecule has 0 aliphatic carbocycles. The fraction of sp³-hybridized carbons (Fsp3) is 0.462. The molecule has 0 radical (unpaired) electrons. The lowest BCUT2D eigenvalue weighted by atomic mass is 9.86. The Kier molecular flexibility index (Phi) is 7.82. The lowest BCUT2D eigenvalue weighted by Gasteiger charge is -2.28. The van der Waals surface area contributed by atoms with Crippen molar-refractivity contribution in [3.8, 4) is 11.6 Å². The van der Waals surface area contributed by atoms with Crippen molar-refractivity contribution >= 4 is 11.6 Å². The average Bonchev–Trinajstić information content (AvgIpc) is 3.35. The van der Waals surface area contributed by atoms with Gasteiger partial charge >= 0.3 is 12.4 Å². The first-order valence-corrected chi connectivity index (χ1v) is 12.4. The number of carbonyl (C=O) groups excluding carboxylic acids is 1. The number of amides is 1. The first-order chi connectivity index (χ1) is 18.9. The number of halogens is 6. The second kappa shape index (κ2) is 10.6. The molecule has 1 atom stereocenters. The lowest BCUT2D eigenvalue weighted by molar-refractivity contribution is -0.289. The van der Waals surface area contributed by atoms with Crippen LogP contribution in [0.5, 0.6) is 0 Å². The van der Waals surface area contributed by atoms with Gasteiger partial charge in [-0.25, -0.2) is 4.98 Å². The zero-order valence-electron chi connectivity index (χ0n) is 22.2. The maximum absolute atomic E-state index is 14.1. The highest BCUT2D eigenvalue weighted by atomic mass is 19.4. The number of alkyl halides is 6. The normalized spacial score (nSPS) is 19.3. The van der Waals surface area contributed by atoms with Crippen molar-refractivity contribution in [2.45, 2.75) is 57.1 Å². The summed E-state index contributed by atoms with van der Waals surface area (Å²) in [4.78, 5) is 18.5. The number of aromatic nitrogens is 3. The monoisotopic (exact) mass is 587 g/mol. The summed E-state index contributed by atoms with van der Waals surface area (Å²) in [5.41, 5.74) is -0.570. The molecule has 0 saturated carbocycles. The molecule has 1 aromatic carbocycles. The van der Waals surface area contributed by atoms with E-state index in [0.29, 0.717) is 11.6 Å². The summed E-state index contributed by atoms with van der Waals surface area (Å²) in [5, 5.41) is 17.1. The fourth-order valence-electron chi connectivity index (χ4n) is 4.17. The number of anilines is 1. The molecule has 1 amide bonds. The molecule has 4 bridgehead atoms. The van der Waals surface area contributed by atoms with Gasteiger partial charge in [0.2, 0.25) is 0 Å². The second-order valence-corrected chi connectivity index (χ2v) is 10.7. The van der Waals surface area contributed by atoms with Gasteiger partial charge in [-0.2, -0.15) is 26.3 Å². The average molecular weight is 588 g/mol. The minimum atomic E-state index is -5.32. The first kappa shape index (κ1) is 30.2. The van der Waals surface area contributed by atoms with Gasteiger partial charge in [-0.05, 0) is 29.0 Å². The Balaban J connectivity index is 1.86. The number of benzene rings is 1. The quantitative estimate of drug-likeness (QED) is 0.408. The molecule has 0 saturated heterocycles. The van der Waals surface area contributed by atoms with Crippen LogP contribution < -0.4 is 5.73 Å². The zero-order valence-corrected chi connectivity index (χ0v) is 22.2. The number of fused-ring (bicyclic) bond motifs is 5. The Bertz CT molecular complexity index is 1430. The number of pyridine rings is 1. The fourth-order valence-corrected chi connectivity index (χ4v) is 4.17. The van der Waals surface area contributed by atoms with Crippen molar-refractivity contribution in [3.05, 3.63) is 58.6 Å². The first-order valence-electron chi connectivity index (χ1n) is 12.4. The molecular weight excluding hydrogens is 560 g/mol. The summed E-state index contributed by atoms with van der Waals surface area (Å²) in [6.07, 6.45) is -10.5. The summed E-state index contributed by atoms with van der Waals surface area (Å²) in [7, 11) is 0. The van der Waals surface area contributed by atoms with E-state index < -0.39 is 71.5 Å². The molecule has 3 N–H and O–H groups in total. The molecule has 4 rings (SSSR count). The molecule has 3 aromatic rings. The van der Waals surface area contributed by atoms with Gasteiger partial charge in [-0.15, -0.1) is 10.2 Å². The molecular formula is C26H27F6N5O4. The number of carbonyl (C=O) groups is 1. The van der Waals surface area contributed by atoms with E-state index in [1.807, 2.05) is 32.9 Å². The Labute approximate surface area is 230 Å². The van der Waals surface area contributed by atoms with Crippen molar-refractivity contribution in [2.24, 2.45) is 0 Å². The maximum atomic E-state index is 14.1. The Hall–Kier alpha value is -3.72. The summed E-state index contributed by atoms with van der Waals surface area (Å²) < 4.78 is 93.8. The maximum Gasteiger partial charge on any atom is 0.428 e. The van der Waals surface area contributed by atoms with Gasteiger partial charge in [-0.3, -0.25) is 4.79 Å². The Morgan fingerprint density at radius 3 is 2.41 bits per heavy atom. The van der Waals surface area contributed by atoms with E-state index in [0.717, 1.165) is 10.5 Å². The number of nitrogens with zero attached hydrogens (tertiary/aromatic N) is 4. The van der Waals surface area contributed by atoms with E-state index in [9.17, 15) is 36.2 Å². The number of hydrogen-bond donors (Lipinski definition) is 2. The molecule has 1 unspecified atom stereocenters. The molecule has 9 nitrogen and oxygen atoms in total. The Morgan fingerprint density at radius 1 is 1.07 bits per heavy atom. The molecule has 1 aliphatic heterocycles. The van der Waals surface area contributed by atoms with Crippen molar-refractivity contribution in [3.63, 3.8) is 0 Å². The van der Waals surface area contributed by atoms with Gasteiger partial charge in [0, 0.05) is 19.7 Å². The van der Waals surface area contributed by atoms with Crippen LogP contribution in [-0.2, 0) is 28.5 Å². The van der Waals surface area contributed by atoms with Crippen LogP contribution in [0.15, 0.2) is 34.7 Å². The third-order valence-electron chi connectivity index (χ3n) is 6.49. The second-order valence-electron chi connectivity index (χ2n) is 10.7. The molecule has 0 spiro atoms. The number of nitrogen functional groups attached to an aromatic ring is 1. The van der Waals surface area contributed by atoms with Crippen molar-refractivity contribution in [1.29, 1.82) is 0 Å². The van der Waals surface area contributed by atoms with Gasteiger partial charge < -0.3 is 24.9 Å². The highest BCUT2D eigenvalue weighted by Gasteiger charge is 2.59.